The van der Waals surface area contributed by atoms with E-state index in [0.29, 0.717) is 5.41 Å². The van der Waals surface area contributed by atoms with Crippen molar-refractivity contribution in [2.24, 2.45) is 12.5 Å². The summed E-state index contributed by atoms with van der Waals surface area (Å²) in [5, 5.41) is 10.6. The van der Waals surface area contributed by atoms with Gasteiger partial charge in [0.1, 0.15) is 22.0 Å². The van der Waals surface area contributed by atoms with Gasteiger partial charge in [0.2, 0.25) is 0 Å². The van der Waals surface area contributed by atoms with Crippen LogP contribution in [0.2, 0.25) is 0 Å². The molecule has 0 atom stereocenters. The second kappa shape index (κ2) is 6.18. The topological polar surface area (TPSA) is 61.9 Å². The fraction of sp³-hybridized carbons (Fsp3) is 0.409. The van der Waals surface area contributed by atoms with Crippen molar-refractivity contribution in [3.8, 4) is 6.07 Å². The first-order valence-corrected chi connectivity index (χ1v) is 10.5. The maximum absolute atomic E-state index is 12.8. The number of aryl methyl sites for hydroxylation is 2. The van der Waals surface area contributed by atoms with Gasteiger partial charge in [-0.25, -0.2) is 4.98 Å². The highest BCUT2D eigenvalue weighted by Gasteiger charge is 2.40. The molecule has 1 fully saturated rings. The van der Waals surface area contributed by atoms with Crippen molar-refractivity contribution in [1.82, 2.24) is 9.55 Å². The van der Waals surface area contributed by atoms with Crippen molar-refractivity contribution in [2.45, 2.75) is 32.6 Å². The largest absolute Gasteiger partial charge is 0.368 e. The number of hydrogen-bond acceptors (Lipinski definition) is 5. The summed E-state index contributed by atoms with van der Waals surface area (Å²) in [6, 6.07) is 10.9. The third kappa shape index (κ3) is 2.50. The minimum atomic E-state index is -0.220. The highest BCUT2D eigenvalue weighted by molar-refractivity contribution is 7.18. The molecule has 142 valence electrons. The number of piperidine rings is 1. The van der Waals surface area contributed by atoms with Crippen molar-refractivity contribution in [1.29, 1.82) is 5.26 Å². The van der Waals surface area contributed by atoms with Gasteiger partial charge in [0, 0.05) is 20.1 Å². The zero-order valence-corrected chi connectivity index (χ0v) is 17.0. The van der Waals surface area contributed by atoms with Gasteiger partial charge in [0.05, 0.1) is 10.7 Å². The Balaban J connectivity index is 1.51. The molecule has 2 aliphatic rings. The minimum absolute atomic E-state index is 0.220. The number of thiazole rings is 1. The van der Waals surface area contributed by atoms with E-state index in [0.717, 1.165) is 59.8 Å². The average Bonchev–Trinajstić information content (AvgIpc) is 3.25. The number of hydrogen-bond donors (Lipinski definition) is 0. The number of nitrogens with zero attached hydrogens (tertiary/aromatic N) is 4. The van der Waals surface area contributed by atoms with Crippen LogP contribution in [0.15, 0.2) is 29.1 Å². The molecule has 2 aromatic heterocycles. The van der Waals surface area contributed by atoms with Gasteiger partial charge in [-0.05, 0) is 49.1 Å². The summed E-state index contributed by atoms with van der Waals surface area (Å²) in [7, 11) is 1.73. The highest BCUT2D eigenvalue weighted by Crippen LogP contribution is 2.46. The molecule has 6 heteroatoms. The first-order chi connectivity index (χ1) is 13.5. The lowest BCUT2D eigenvalue weighted by molar-refractivity contribution is 0.233. The van der Waals surface area contributed by atoms with E-state index < -0.39 is 0 Å². The third-order valence-electron chi connectivity index (χ3n) is 6.50. The Morgan fingerprint density at radius 2 is 1.82 bits per heavy atom. The predicted molar refractivity (Wildman–Crippen MR) is 112 cm³/mol. The van der Waals surface area contributed by atoms with E-state index in [2.05, 4.69) is 40.2 Å². The fourth-order valence-electron chi connectivity index (χ4n) is 5.02. The van der Waals surface area contributed by atoms with Crippen LogP contribution in [-0.2, 0) is 19.9 Å². The summed E-state index contributed by atoms with van der Waals surface area (Å²) in [5.74, 6) is 0. The zero-order chi connectivity index (χ0) is 19.5. The predicted octanol–water partition coefficient (Wildman–Crippen LogP) is 3.56. The summed E-state index contributed by atoms with van der Waals surface area (Å²) in [4.78, 5) is 20.5. The van der Waals surface area contributed by atoms with Crippen LogP contribution in [0, 0.1) is 23.7 Å². The van der Waals surface area contributed by atoms with Gasteiger partial charge in [0.15, 0.2) is 0 Å². The molecule has 0 saturated carbocycles. The molecule has 1 aromatic carbocycles. The van der Waals surface area contributed by atoms with Crippen LogP contribution in [0.3, 0.4) is 0 Å². The number of nitriles is 1. The molecule has 1 aliphatic carbocycles. The van der Waals surface area contributed by atoms with Gasteiger partial charge in [0.25, 0.3) is 5.56 Å². The van der Waals surface area contributed by atoms with Crippen LogP contribution in [0.5, 0.6) is 0 Å². The standard InChI is InChI=1S/C22H22N4OS/c1-14-24-18-19(17(13-23)20(27)25(2)21(18)28-14)26-9-7-22(8-10-26)11-15-5-3-4-6-16(15)12-22/h3-6H,7-12H2,1-2H3. The van der Waals surface area contributed by atoms with Gasteiger partial charge in [-0.3, -0.25) is 4.79 Å². The second-order valence-corrected chi connectivity index (χ2v) is 9.38. The molecule has 1 spiro atoms. The van der Waals surface area contributed by atoms with Crippen molar-refractivity contribution < 1.29 is 0 Å². The van der Waals surface area contributed by atoms with Crippen molar-refractivity contribution >= 4 is 27.4 Å². The molecule has 0 bridgehead atoms. The Hall–Kier alpha value is -2.65. The summed E-state index contributed by atoms with van der Waals surface area (Å²) < 4.78 is 1.57. The minimum Gasteiger partial charge on any atom is -0.368 e. The molecule has 3 heterocycles. The monoisotopic (exact) mass is 390 g/mol. The van der Waals surface area contributed by atoms with Gasteiger partial charge in [-0.1, -0.05) is 24.3 Å². The van der Waals surface area contributed by atoms with Gasteiger partial charge < -0.3 is 9.47 Å². The molecule has 0 radical (unpaired) electrons. The van der Waals surface area contributed by atoms with Crippen LogP contribution >= 0.6 is 11.3 Å². The number of pyridine rings is 1. The number of anilines is 1. The Morgan fingerprint density at radius 1 is 1.18 bits per heavy atom. The Bertz CT molecular complexity index is 1160. The zero-order valence-electron chi connectivity index (χ0n) is 16.2. The normalized spacial score (nSPS) is 17.8. The lowest BCUT2D eigenvalue weighted by atomic mass is 9.76. The molecule has 5 rings (SSSR count). The number of rotatable bonds is 1. The highest BCUT2D eigenvalue weighted by atomic mass is 32.1. The molecule has 28 heavy (non-hydrogen) atoms. The third-order valence-corrected chi connectivity index (χ3v) is 7.55. The molecule has 5 nitrogen and oxygen atoms in total. The molecule has 0 amide bonds. The van der Waals surface area contributed by atoms with Crippen LogP contribution in [-0.4, -0.2) is 22.6 Å². The average molecular weight is 391 g/mol. The fourth-order valence-corrected chi connectivity index (χ4v) is 5.89. The number of benzene rings is 1. The molecule has 1 saturated heterocycles. The van der Waals surface area contributed by atoms with Gasteiger partial charge in [-0.15, -0.1) is 11.3 Å². The molecule has 0 unspecified atom stereocenters. The van der Waals surface area contributed by atoms with Crippen LogP contribution in [0.1, 0.15) is 34.5 Å². The van der Waals surface area contributed by atoms with Crippen LogP contribution < -0.4 is 10.5 Å². The van der Waals surface area contributed by atoms with E-state index >= 15 is 0 Å². The van der Waals surface area contributed by atoms with Crippen LogP contribution in [0.4, 0.5) is 5.69 Å². The SMILES string of the molecule is Cc1nc2c(N3CCC4(CC3)Cc3ccccc3C4)c(C#N)c(=O)n(C)c2s1. The quantitative estimate of drug-likeness (QED) is 0.637. The van der Waals surface area contributed by atoms with Crippen LogP contribution in [0.25, 0.3) is 10.3 Å². The molecular weight excluding hydrogens is 368 g/mol. The van der Waals surface area contributed by atoms with E-state index in [1.54, 1.807) is 11.6 Å². The number of aromatic nitrogens is 2. The smallest absolute Gasteiger partial charge is 0.271 e. The van der Waals surface area contributed by atoms with E-state index in [1.807, 2.05) is 6.92 Å². The Labute approximate surface area is 167 Å². The summed E-state index contributed by atoms with van der Waals surface area (Å²) in [5.41, 5.74) is 4.85. The Morgan fingerprint density at radius 3 is 2.43 bits per heavy atom. The first kappa shape index (κ1) is 17.4. The van der Waals surface area contributed by atoms with E-state index in [9.17, 15) is 10.1 Å². The summed E-state index contributed by atoms with van der Waals surface area (Å²) in [6.07, 6.45) is 4.44. The van der Waals surface area contributed by atoms with E-state index in [1.165, 1.54) is 22.5 Å². The maximum atomic E-state index is 12.8. The summed E-state index contributed by atoms with van der Waals surface area (Å²) >= 11 is 1.52. The van der Waals surface area contributed by atoms with Crippen molar-refractivity contribution in [2.75, 3.05) is 18.0 Å². The van der Waals surface area contributed by atoms with Gasteiger partial charge >= 0.3 is 0 Å². The first-order valence-electron chi connectivity index (χ1n) is 9.73. The second-order valence-electron chi connectivity index (χ2n) is 8.20. The maximum Gasteiger partial charge on any atom is 0.271 e. The molecular formula is C22H22N4OS. The van der Waals surface area contributed by atoms with Crippen molar-refractivity contribution in [3.63, 3.8) is 0 Å². The lowest BCUT2D eigenvalue weighted by Crippen LogP contribution is -2.42. The van der Waals surface area contributed by atoms with Crippen molar-refractivity contribution in [3.05, 3.63) is 56.3 Å². The van der Waals surface area contributed by atoms with Gasteiger partial charge in [-0.2, -0.15) is 5.26 Å². The molecule has 0 N–H and O–H groups in total. The molecule has 1 aliphatic heterocycles. The van der Waals surface area contributed by atoms with E-state index in [4.69, 9.17) is 0 Å². The number of fused-ring (bicyclic) bond motifs is 2. The Kier molecular flexibility index (Phi) is 3.85. The van der Waals surface area contributed by atoms with E-state index in [-0.39, 0.29) is 11.1 Å². The lowest BCUT2D eigenvalue weighted by Gasteiger charge is -2.40. The summed E-state index contributed by atoms with van der Waals surface area (Å²) in [6.45, 7) is 3.68. The molecule has 3 aromatic rings.